The van der Waals surface area contributed by atoms with Crippen LogP contribution < -0.4 is 10.9 Å². The van der Waals surface area contributed by atoms with Crippen LogP contribution in [0.2, 0.25) is 0 Å². The van der Waals surface area contributed by atoms with E-state index in [1.54, 1.807) is 0 Å². The Bertz CT molecular complexity index is 880. The summed E-state index contributed by atoms with van der Waals surface area (Å²) in [6.45, 7) is 2.54. The normalized spacial score (nSPS) is 17.3. The molecule has 3 heterocycles. The maximum absolute atomic E-state index is 12.1. The molecular formula is C18H20N4O. The van der Waals surface area contributed by atoms with Crippen LogP contribution in [0.25, 0.3) is 10.9 Å². The molecule has 0 radical (unpaired) electrons. The summed E-state index contributed by atoms with van der Waals surface area (Å²) in [5.41, 5.74) is 1.68. The Morgan fingerprint density at radius 3 is 3.22 bits per heavy atom. The van der Waals surface area contributed by atoms with E-state index in [0.717, 1.165) is 42.4 Å². The number of H-pyrrole nitrogens is 1. The molecule has 1 aromatic carbocycles. The number of nitrogens with zero attached hydrogens (tertiary/aromatic N) is 2. The summed E-state index contributed by atoms with van der Waals surface area (Å²) in [6, 6.07) is 9.86. The van der Waals surface area contributed by atoms with Gasteiger partial charge in [-0.05, 0) is 36.4 Å². The highest BCUT2D eigenvalue weighted by Gasteiger charge is 2.18. The highest BCUT2D eigenvalue weighted by atomic mass is 16.1. The summed E-state index contributed by atoms with van der Waals surface area (Å²) in [5, 5.41) is 4.52. The zero-order valence-electron chi connectivity index (χ0n) is 13.0. The number of aryl methyl sites for hydroxylation is 1. The third-order valence-electron chi connectivity index (χ3n) is 4.61. The molecule has 0 saturated carbocycles. The first-order chi connectivity index (χ1) is 11.3. The van der Waals surface area contributed by atoms with Gasteiger partial charge in [0.05, 0.1) is 0 Å². The van der Waals surface area contributed by atoms with Crippen LogP contribution in [0.4, 0.5) is 0 Å². The highest BCUT2D eigenvalue weighted by molar-refractivity contribution is 5.78. The Labute approximate surface area is 134 Å². The first-order valence-corrected chi connectivity index (χ1v) is 8.11. The van der Waals surface area contributed by atoms with Crippen molar-refractivity contribution >= 4 is 10.9 Å². The zero-order chi connectivity index (χ0) is 15.6. The monoisotopic (exact) mass is 308 g/mol. The molecule has 5 heteroatoms. The largest absolute Gasteiger partial charge is 0.335 e. The molecule has 1 unspecified atom stereocenters. The second-order valence-corrected chi connectivity index (χ2v) is 6.24. The number of nitrogens with one attached hydrogen (secondary N) is 2. The fraction of sp³-hybridized carbons (Fsp3) is 0.333. The summed E-state index contributed by atoms with van der Waals surface area (Å²) in [4.78, 5) is 19.4. The van der Waals surface area contributed by atoms with Crippen molar-refractivity contribution in [2.45, 2.75) is 25.9 Å². The van der Waals surface area contributed by atoms with Crippen LogP contribution in [0.3, 0.4) is 0 Å². The number of para-hydroxylation sites is 1. The van der Waals surface area contributed by atoms with Crippen LogP contribution in [-0.4, -0.2) is 21.1 Å². The van der Waals surface area contributed by atoms with Gasteiger partial charge in [-0.15, -0.1) is 0 Å². The lowest BCUT2D eigenvalue weighted by molar-refractivity contribution is 0.347. The maximum Gasteiger partial charge on any atom is 0.252 e. The molecule has 23 heavy (non-hydrogen) atoms. The van der Waals surface area contributed by atoms with Crippen LogP contribution >= 0.6 is 0 Å². The molecule has 5 nitrogen and oxygen atoms in total. The lowest BCUT2D eigenvalue weighted by Gasteiger charge is -2.24. The van der Waals surface area contributed by atoms with E-state index in [4.69, 9.17) is 0 Å². The number of hydrogen-bond donors (Lipinski definition) is 2. The molecule has 0 fully saturated rings. The Morgan fingerprint density at radius 1 is 1.35 bits per heavy atom. The number of imidazole rings is 1. The topological polar surface area (TPSA) is 62.7 Å². The summed E-state index contributed by atoms with van der Waals surface area (Å²) in [5.74, 6) is 1.78. The van der Waals surface area contributed by atoms with Gasteiger partial charge in [0.2, 0.25) is 0 Å². The average Bonchev–Trinajstić information content (AvgIpc) is 3.03. The zero-order valence-corrected chi connectivity index (χ0v) is 13.0. The number of rotatable bonds is 4. The number of fused-ring (bicyclic) bond motifs is 2. The molecule has 0 saturated heterocycles. The first-order valence-electron chi connectivity index (χ1n) is 8.11. The SMILES string of the molecule is O=c1[nH]c2ccccc2cc1CNCC1CCc2nccn2C1. The van der Waals surface area contributed by atoms with Gasteiger partial charge < -0.3 is 14.9 Å². The van der Waals surface area contributed by atoms with Crippen molar-refractivity contribution in [3.63, 3.8) is 0 Å². The van der Waals surface area contributed by atoms with E-state index in [1.807, 2.05) is 36.5 Å². The third kappa shape index (κ3) is 2.92. The van der Waals surface area contributed by atoms with Crippen molar-refractivity contribution in [2.24, 2.45) is 5.92 Å². The standard InChI is InChI=1S/C18H20N4O/c23-18-15(9-14-3-1-2-4-16(14)21-18)11-19-10-13-5-6-17-20-7-8-22(17)12-13/h1-4,7-9,13,19H,5-6,10-12H2,(H,21,23). The minimum atomic E-state index is -0.00302. The fourth-order valence-corrected chi connectivity index (χ4v) is 3.34. The number of aromatic nitrogens is 3. The Morgan fingerprint density at radius 2 is 2.26 bits per heavy atom. The molecule has 0 aliphatic carbocycles. The van der Waals surface area contributed by atoms with Crippen molar-refractivity contribution in [2.75, 3.05) is 6.54 Å². The smallest absolute Gasteiger partial charge is 0.252 e. The van der Waals surface area contributed by atoms with Gasteiger partial charge >= 0.3 is 0 Å². The van der Waals surface area contributed by atoms with Crippen molar-refractivity contribution in [1.82, 2.24) is 19.9 Å². The molecule has 1 aliphatic rings. The van der Waals surface area contributed by atoms with Gasteiger partial charge in [-0.2, -0.15) is 0 Å². The second kappa shape index (κ2) is 6.01. The van der Waals surface area contributed by atoms with Gasteiger partial charge in [0.25, 0.3) is 5.56 Å². The second-order valence-electron chi connectivity index (χ2n) is 6.24. The van der Waals surface area contributed by atoms with Gasteiger partial charge in [-0.3, -0.25) is 4.79 Å². The minimum absolute atomic E-state index is 0.00302. The van der Waals surface area contributed by atoms with Gasteiger partial charge in [0.15, 0.2) is 0 Å². The molecule has 118 valence electrons. The van der Waals surface area contributed by atoms with E-state index >= 15 is 0 Å². The predicted molar refractivity (Wildman–Crippen MR) is 90.3 cm³/mol. The number of aromatic amines is 1. The van der Waals surface area contributed by atoms with E-state index in [2.05, 4.69) is 26.0 Å². The lowest BCUT2D eigenvalue weighted by Crippen LogP contribution is -2.31. The molecule has 1 aliphatic heterocycles. The van der Waals surface area contributed by atoms with E-state index in [1.165, 1.54) is 5.82 Å². The van der Waals surface area contributed by atoms with Crippen LogP contribution in [0.5, 0.6) is 0 Å². The molecule has 1 atom stereocenters. The third-order valence-corrected chi connectivity index (χ3v) is 4.61. The van der Waals surface area contributed by atoms with E-state index in [0.29, 0.717) is 12.5 Å². The summed E-state index contributed by atoms with van der Waals surface area (Å²) >= 11 is 0. The van der Waals surface area contributed by atoms with Gasteiger partial charge in [0, 0.05) is 43.0 Å². The van der Waals surface area contributed by atoms with Crippen molar-refractivity contribution < 1.29 is 0 Å². The van der Waals surface area contributed by atoms with E-state index < -0.39 is 0 Å². The molecule has 3 aromatic rings. The molecule has 0 spiro atoms. The summed E-state index contributed by atoms with van der Waals surface area (Å²) < 4.78 is 2.23. The van der Waals surface area contributed by atoms with Crippen LogP contribution in [0.1, 0.15) is 17.8 Å². The van der Waals surface area contributed by atoms with Crippen molar-refractivity contribution in [3.05, 3.63) is 64.5 Å². The minimum Gasteiger partial charge on any atom is -0.335 e. The Kier molecular flexibility index (Phi) is 3.71. The molecule has 4 rings (SSSR count). The average molecular weight is 308 g/mol. The van der Waals surface area contributed by atoms with Gasteiger partial charge in [-0.25, -0.2) is 4.98 Å². The molecular weight excluding hydrogens is 288 g/mol. The molecule has 0 amide bonds. The molecule has 0 bridgehead atoms. The maximum atomic E-state index is 12.1. The molecule has 2 aromatic heterocycles. The number of hydrogen-bond acceptors (Lipinski definition) is 3. The van der Waals surface area contributed by atoms with E-state index in [-0.39, 0.29) is 5.56 Å². The predicted octanol–water partition coefficient (Wildman–Crippen LogP) is 2.08. The van der Waals surface area contributed by atoms with Crippen molar-refractivity contribution in [3.8, 4) is 0 Å². The van der Waals surface area contributed by atoms with Crippen molar-refractivity contribution in [1.29, 1.82) is 0 Å². The van der Waals surface area contributed by atoms with Gasteiger partial charge in [0.1, 0.15) is 5.82 Å². The number of benzene rings is 1. The highest BCUT2D eigenvalue weighted by Crippen LogP contribution is 2.18. The fourth-order valence-electron chi connectivity index (χ4n) is 3.34. The summed E-state index contributed by atoms with van der Waals surface area (Å²) in [6.07, 6.45) is 6.11. The van der Waals surface area contributed by atoms with E-state index in [9.17, 15) is 4.79 Å². The lowest BCUT2D eigenvalue weighted by atomic mass is 9.99. The Balaban J connectivity index is 1.40. The quantitative estimate of drug-likeness (QED) is 0.775. The van der Waals surface area contributed by atoms with Crippen LogP contribution in [0, 0.1) is 5.92 Å². The number of pyridine rings is 1. The molecule has 2 N–H and O–H groups in total. The Hall–Kier alpha value is -2.40. The van der Waals surface area contributed by atoms with Crippen LogP contribution in [0.15, 0.2) is 47.5 Å². The summed E-state index contributed by atoms with van der Waals surface area (Å²) in [7, 11) is 0. The van der Waals surface area contributed by atoms with Crippen LogP contribution in [-0.2, 0) is 19.5 Å². The van der Waals surface area contributed by atoms with Gasteiger partial charge in [-0.1, -0.05) is 18.2 Å². The first kappa shape index (κ1) is 14.2.